The van der Waals surface area contributed by atoms with Crippen LogP contribution in [0.4, 0.5) is 5.69 Å². The molecule has 0 aliphatic carbocycles. The third-order valence-electron chi connectivity index (χ3n) is 3.18. The highest BCUT2D eigenvalue weighted by Crippen LogP contribution is 2.35. The van der Waals surface area contributed by atoms with Gasteiger partial charge in [0.25, 0.3) is 5.91 Å². The van der Waals surface area contributed by atoms with Crippen molar-refractivity contribution >= 4 is 40.9 Å². The second-order valence-electron chi connectivity index (χ2n) is 4.67. The smallest absolute Gasteiger partial charge is 0.268 e. The van der Waals surface area contributed by atoms with Crippen molar-refractivity contribution in [3.63, 3.8) is 0 Å². The van der Waals surface area contributed by atoms with Gasteiger partial charge in [0.2, 0.25) is 0 Å². The fourth-order valence-electron chi connectivity index (χ4n) is 2.18. The third kappa shape index (κ3) is 3.47. The number of carbonyl (C=O) groups excluding carboxylic acids is 2. The Balaban J connectivity index is 2.49. The van der Waals surface area contributed by atoms with Gasteiger partial charge in [-0.15, -0.1) is 23.5 Å². The van der Waals surface area contributed by atoms with E-state index in [9.17, 15) is 9.59 Å². The molecular weight excluding hydrogens is 314 g/mol. The van der Waals surface area contributed by atoms with Crippen LogP contribution in [0.15, 0.2) is 46.4 Å². The number of para-hydroxylation sites is 1. The van der Waals surface area contributed by atoms with E-state index in [0.717, 1.165) is 27.0 Å². The number of ketones is 1. The van der Waals surface area contributed by atoms with Crippen LogP contribution in [0.5, 0.6) is 0 Å². The first-order valence-electron chi connectivity index (χ1n) is 7.21. The van der Waals surface area contributed by atoms with E-state index < -0.39 is 0 Å². The highest BCUT2D eigenvalue weighted by atomic mass is 32.2. The van der Waals surface area contributed by atoms with E-state index in [1.165, 1.54) is 6.08 Å². The summed E-state index contributed by atoms with van der Waals surface area (Å²) in [5, 5.41) is 0. The summed E-state index contributed by atoms with van der Waals surface area (Å²) in [6.07, 6.45) is 3.05. The molecule has 1 aromatic rings. The number of aryl methyl sites for hydroxylation is 1. The Morgan fingerprint density at radius 3 is 2.32 bits per heavy atom. The maximum absolute atomic E-state index is 12.8. The third-order valence-corrected chi connectivity index (χ3v) is 5.40. The van der Waals surface area contributed by atoms with Crippen molar-refractivity contribution in [2.45, 2.75) is 20.8 Å². The highest BCUT2D eigenvalue weighted by Gasteiger charge is 2.30. The van der Waals surface area contributed by atoms with Crippen LogP contribution in [0.1, 0.15) is 19.4 Å². The van der Waals surface area contributed by atoms with Crippen LogP contribution < -0.4 is 4.90 Å². The molecule has 0 atom stereocenters. The lowest BCUT2D eigenvalue weighted by atomic mass is 10.1. The first-order valence-corrected chi connectivity index (χ1v) is 9.18. The van der Waals surface area contributed by atoms with Gasteiger partial charge in [-0.3, -0.25) is 14.5 Å². The maximum Gasteiger partial charge on any atom is 0.268 e. The van der Waals surface area contributed by atoms with Gasteiger partial charge in [0.05, 0.1) is 9.92 Å². The Hall–Kier alpha value is -1.46. The van der Waals surface area contributed by atoms with Gasteiger partial charge in [0.15, 0.2) is 5.78 Å². The summed E-state index contributed by atoms with van der Waals surface area (Å²) < 4.78 is 0.822. The molecule has 0 unspecified atom stereocenters. The van der Waals surface area contributed by atoms with Crippen molar-refractivity contribution < 1.29 is 9.59 Å². The van der Waals surface area contributed by atoms with E-state index in [0.29, 0.717) is 5.57 Å². The number of benzene rings is 1. The second-order valence-corrected chi connectivity index (χ2v) is 7.48. The molecule has 1 amide bonds. The predicted molar refractivity (Wildman–Crippen MR) is 96.1 cm³/mol. The molecule has 0 aromatic heterocycles. The fraction of sp³-hybridized carbons (Fsp3) is 0.294. The number of anilines is 1. The van der Waals surface area contributed by atoms with Crippen LogP contribution in [0.25, 0.3) is 0 Å². The molecule has 0 radical (unpaired) electrons. The van der Waals surface area contributed by atoms with Gasteiger partial charge in [-0.1, -0.05) is 32.0 Å². The standard InChI is InChI=1S/C17H19NO2S2/c1-4-21-17(22-5-2)15-14(19)10-11-18(16(15)20)13-9-7-6-8-12(13)3/h6-11H,4-5H2,1-3H3. The lowest BCUT2D eigenvalue weighted by Gasteiger charge is -2.25. The van der Waals surface area contributed by atoms with Crippen molar-refractivity contribution in [1.29, 1.82) is 0 Å². The van der Waals surface area contributed by atoms with Crippen LogP contribution in [-0.4, -0.2) is 23.2 Å². The quantitative estimate of drug-likeness (QED) is 0.599. The Bertz CT molecular complexity index is 642. The summed E-state index contributed by atoms with van der Waals surface area (Å²) >= 11 is 3.11. The van der Waals surface area contributed by atoms with Crippen molar-refractivity contribution in [3.8, 4) is 0 Å². The molecule has 0 saturated carbocycles. The van der Waals surface area contributed by atoms with Gasteiger partial charge in [-0.2, -0.15) is 0 Å². The van der Waals surface area contributed by atoms with Gasteiger partial charge in [-0.25, -0.2) is 0 Å². The second kappa shape index (κ2) is 7.70. The van der Waals surface area contributed by atoms with E-state index in [1.54, 1.807) is 34.6 Å². The van der Waals surface area contributed by atoms with E-state index in [2.05, 4.69) is 0 Å². The molecule has 5 heteroatoms. The molecule has 22 heavy (non-hydrogen) atoms. The average Bonchev–Trinajstić information content (AvgIpc) is 2.49. The minimum Gasteiger partial charge on any atom is -0.289 e. The number of allylic oxidation sites excluding steroid dienone is 1. The lowest BCUT2D eigenvalue weighted by molar-refractivity contribution is -0.119. The molecule has 2 rings (SSSR count). The number of amides is 1. The zero-order valence-electron chi connectivity index (χ0n) is 13.0. The monoisotopic (exact) mass is 333 g/mol. The van der Waals surface area contributed by atoms with Crippen LogP contribution in [0.2, 0.25) is 0 Å². The fourth-order valence-corrected chi connectivity index (χ4v) is 4.41. The zero-order chi connectivity index (χ0) is 16.1. The van der Waals surface area contributed by atoms with E-state index >= 15 is 0 Å². The lowest BCUT2D eigenvalue weighted by Crippen LogP contribution is -2.34. The number of nitrogens with zero attached hydrogens (tertiary/aromatic N) is 1. The Labute approximate surface area is 139 Å². The molecule has 0 bridgehead atoms. The summed E-state index contributed by atoms with van der Waals surface area (Å²) in [5.74, 6) is 1.23. The van der Waals surface area contributed by atoms with Crippen molar-refractivity contribution in [2.24, 2.45) is 0 Å². The molecule has 1 aliphatic heterocycles. The summed E-state index contributed by atoms with van der Waals surface area (Å²) in [4.78, 5) is 26.7. The SMILES string of the molecule is CCSC(SCC)=C1C(=O)C=CN(c2ccccc2C)C1=O. The number of hydrogen-bond donors (Lipinski definition) is 0. The molecule has 1 heterocycles. The summed E-state index contributed by atoms with van der Waals surface area (Å²) in [7, 11) is 0. The van der Waals surface area contributed by atoms with Crippen molar-refractivity contribution in [2.75, 3.05) is 16.4 Å². The highest BCUT2D eigenvalue weighted by molar-refractivity contribution is 8.22. The molecule has 3 nitrogen and oxygen atoms in total. The minimum absolute atomic E-state index is 0.202. The molecule has 0 fully saturated rings. The van der Waals surface area contributed by atoms with Gasteiger partial charge < -0.3 is 0 Å². The number of rotatable bonds is 5. The summed E-state index contributed by atoms with van der Waals surface area (Å²) in [6.45, 7) is 6.00. The van der Waals surface area contributed by atoms with Gasteiger partial charge in [-0.05, 0) is 30.1 Å². The Morgan fingerprint density at radius 1 is 1.09 bits per heavy atom. The van der Waals surface area contributed by atoms with E-state index in [4.69, 9.17) is 0 Å². The van der Waals surface area contributed by atoms with Gasteiger partial charge >= 0.3 is 0 Å². The number of thioether (sulfide) groups is 2. The summed E-state index contributed by atoms with van der Waals surface area (Å²) in [6, 6.07) is 7.68. The van der Waals surface area contributed by atoms with Gasteiger partial charge in [0, 0.05) is 12.3 Å². The van der Waals surface area contributed by atoms with Crippen LogP contribution >= 0.6 is 23.5 Å². The predicted octanol–water partition coefficient (Wildman–Crippen LogP) is 4.14. The maximum atomic E-state index is 12.8. The molecule has 0 saturated heterocycles. The summed E-state index contributed by atoms with van der Waals surface area (Å²) in [5.41, 5.74) is 2.11. The zero-order valence-corrected chi connectivity index (χ0v) is 14.6. The normalized spacial score (nSPS) is 14.7. The van der Waals surface area contributed by atoms with Crippen LogP contribution in [-0.2, 0) is 9.59 Å². The topological polar surface area (TPSA) is 37.4 Å². The molecule has 1 aliphatic rings. The Morgan fingerprint density at radius 2 is 1.73 bits per heavy atom. The first-order chi connectivity index (χ1) is 10.6. The van der Waals surface area contributed by atoms with Crippen LogP contribution in [0, 0.1) is 6.92 Å². The van der Waals surface area contributed by atoms with E-state index in [1.807, 2.05) is 45.0 Å². The first kappa shape index (κ1) is 16.9. The number of hydrogen-bond acceptors (Lipinski definition) is 4. The van der Waals surface area contributed by atoms with E-state index in [-0.39, 0.29) is 11.7 Å². The van der Waals surface area contributed by atoms with Crippen molar-refractivity contribution in [1.82, 2.24) is 0 Å². The largest absolute Gasteiger partial charge is 0.289 e. The number of carbonyl (C=O) groups is 2. The van der Waals surface area contributed by atoms with Gasteiger partial charge in [0.1, 0.15) is 5.57 Å². The molecule has 0 spiro atoms. The minimum atomic E-state index is -0.237. The average molecular weight is 333 g/mol. The molecule has 0 N–H and O–H groups in total. The molecule has 1 aromatic carbocycles. The Kier molecular flexibility index (Phi) is 5.91. The molecule has 116 valence electrons. The molecular formula is C17H19NO2S2. The van der Waals surface area contributed by atoms with Crippen molar-refractivity contribution in [3.05, 3.63) is 51.9 Å². The van der Waals surface area contributed by atoms with Crippen LogP contribution in [0.3, 0.4) is 0 Å².